The number of amides is 3. The monoisotopic (exact) mass is 227 g/mol. The number of likely N-dealkylation sites (tertiary alicyclic amines) is 1. The number of carbonyl (C=O) groups excluding carboxylic acids is 2. The Hall–Kier alpha value is -1.26. The molecule has 92 valence electrons. The summed E-state index contributed by atoms with van der Waals surface area (Å²) in [6.07, 6.45) is 3.28. The first-order valence-corrected chi connectivity index (χ1v) is 5.86. The van der Waals surface area contributed by atoms with Gasteiger partial charge in [0.25, 0.3) is 0 Å². The van der Waals surface area contributed by atoms with E-state index in [-0.39, 0.29) is 18.6 Å². The van der Waals surface area contributed by atoms with Crippen molar-refractivity contribution in [1.82, 2.24) is 9.80 Å². The molecule has 0 aromatic rings. The molecule has 5 nitrogen and oxygen atoms in total. The van der Waals surface area contributed by atoms with E-state index in [1.807, 2.05) is 18.7 Å². The molecule has 0 unspecified atom stereocenters. The van der Waals surface area contributed by atoms with Gasteiger partial charge in [0, 0.05) is 19.1 Å². The molecule has 1 fully saturated rings. The molecule has 1 rings (SSSR count). The molecule has 0 spiro atoms. The highest BCUT2D eigenvalue weighted by Gasteiger charge is 2.25. The quantitative estimate of drug-likeness (QED) is 0.774. The second-order valence-electron chi connectivity index (χ2n) is 4.52. The maximum absolute atomic E-state index is 12.1. The van der Waals surface area contributed by atoms with Gasteiger partial charge in [-0.2, -0.15) is 0 Å². The van der Waals surface area contributed by atoms with Crippen molar-refractivity contribution in [2.75, 3.05) is 19.6 Å². The fourth-order valence-corrected chi connectivity index (χ4v) is 1.91. The molecular formula is C11H21N3O2. The summed E-state index contributed by atoms with van der Waals surface area (Å²) in [4.78, 5) is 26.4. The van der Waals surface area contributed by atoms with E-state index in [9.17, 15) is 9.59 Å². The Balaban J connectivity index is 2.61. The second kappa shape index (κ2) is 5.72. The molecule has 16 heavy (non-hydrogen) atoms. The van der Waals surface area contributed by atoms with Gasteiger partial charge in [0.15, 0.2) is 0 Å². The van der Waals surface area contributed by atoms with Crippen molar-refractivity contribution in [3.05, 3.63) is 0 Å². The molecule has 0 atom stereocenters. The van der Waals surface area contributed by atoms with Crippen LogP contribution in [-0.4, -0.2) is 47.4 Å². The lowest BCUT2D eigenvalue weighted by Crippen LogP contribution is -2.50. The predicted octanol–water partition coefficient (Wildman–Crippen LogP) is 0.788. The molecule has 3 amide bonds. The molecule has 0 bridgehead atoms. The van der Waals surface area contributed by atoms with Crippen LogP contribution >= 0.6 is 0 Å². The number of hydrogen-bond donors (Lipinski definition) is 1. The van der Waals surface area contributed by atoms with E-state index in [2.05, 4.69) is 0 Å². The van der Waals surface area contributed by atoms with Gasteiger partial charge in [-0.3, -0.25) is 4.79 Å². The third-order valence-corrected chi connectivity index (χ3v) is 2.82. The number of primary amides is 1. The van der Waals surface area contributed by atoms with Gasteiger partial charge in [-0.05, 0) is 33.1 Å². The van der Waals surface area contributed by atoms with Gasteiger partial charge >= 0.3 is 6.03 Å². The van der Waals surface area contributed by atoms with Crippen LogP contribution in [0.5, 0.6) is 0 Å². The van der Waals surface area contributed by atoms with Crippen LogP contribution in [0.2, 0.25) is 0 Å². The average molecular weight is 227 g/mol. The largest absolute Gasteiger partial charge is 0.368 e. The first-order chi connectivity index (χ1) is 7.52. The molecule has 1 aliphatic heterocycles. The average Bonchev–Trinajstić information content (AvgIpc) is 2.25. The number of carbonyl (C=O) groups is 2. The molecule has 1 aliphatic rings. The van der Waals surface area contributed by atoms with Crippen molar-refractivity contribution < 1.29 is 9.59 Å². The number of rotatable bonds is 3. The summed E-state index contributed by atoms with van der Waals surface area (Å²) >= 11 is 0. The minimum atomic E-state index is -0.459. The second-order valence-corrected chi connectivity index (χ2v) is 4.52. The molecule has 1 saturated heterocycles. The summed E-state index contributed by atoms with van der Waals surface area (Å²) in [7, 11) is 0. The molecule has 2 N–H and O–H groups in total. The zero-order chi connectivity index (χ0) is 12.1. The topological polar surface area (TPSA) is 66.6 Å². The first-order valence-electron chi connectivity index (χ1n) is 5.86. The zero-order valence-electron chi connectivity index (χ0n) is 10.1. The van der Waals surface area contributed by atoms with Gasteiger partial charge in [-0.1, -0.05) is 0 Å². The Kier molecular flexibility index (Phi) is 4.58. The lowest BCUT2D eigenvalue weighted by atomic mass is 10.1. The Morgan fingerprint density at radius 3 is 2.25 bits per heavy atom. The normalized spacial score (nSPS) is 16.3. The molecule has 0 aliphatic carbocycles. The highest BCUT2D eigenvalue weighted by molar-refractivity contribution is 5.83. The fourth-order valence-electron chi connectivity index (χ4n) is 1.91. The van der Waals surface area contributed by atoms with E-state index in [1.54, 1.807) is 0 Å². The summed E-state index contributed by atoms with van der Waals surface area (Å²) in [6.45, 7) is 5.38. The SMILES string of the molecule is CC(C)N(CC(N)=O)C(=O)N1CCCCC1. The van der Waals surface area contributed by atoms with Crippen LogP contribution in [0, 0.1) is 0 Å². The van der Waals surface area contributed by atoms with Gasteiger partial charge < -0.3 is 15.5 Å². The van der Waals surface area contributed by atoms with Crippen molar-refractivity contribution in [2.24, 2.45) is 5.73 Å². The van der Waals surface area contributed by atoms with Gasteiger partial charge in [0.1, 0.15) is 6.54 Å². The number of piperidine rings is 1. The van der Waals surface area contributed by atoms with Gasteiger partial charge in [0.05, 0.1) is 0 Å². The number of urea groups is 1. The van der Waals surface area contributed by atoms with Crippen LogP contribution in [0.25, 0.3) is 0 Å². The summed E-state index contributed by atoms with van der Waals surface area (Å²) in [5.74, 6) is -0.459. The van der Waals surface area contributed by atoms with Crippen LogP contribution < -0.4 is 5.73 Å². The highest BCUT2D eigenvalue weighted by Crippen LogP contribution is 2.12. The lowest BCUT2D eigenvalue weighted by Gasteiger charge is -2.34. The zero-order valence-corrected chi connectivity index (χ0v) is 10.1. The summed E-state index contributed by atoms with van der Waals surface area (Å²) in [5.41, 5.74) is 5.15. The third-order valence-electron chi connectivity index (χ3n) is 2.82. The first kappa shape index (κ1) is 12.8. The predicted molar refractivity (Wildman–Crippen MR) is 61.9 cm³/mol. The number of nitrogens with two attached hydrogens (primary N) is 1. The van der Waals surface area contributed by atoms with E-state index in [1.165, 1.54) is 11.3 Å². The van der Waals surface area contributed by atoms with Crippen molar-refractivity contribution in [3.8, 4) is 0 Å². The Bertz CT molecular complexity index is 260. The van der Waals surface area contributed by atoms with Gasteiger partial charge in [-0.25, -0.2) is 4.79 Å². The van der Waals surface area contributed by atoms with E-state index >= 15 is 0 Å². The Morgan fingerprint density at radius 1 is 1.25 bits per heavy atom. The van der Waals surface area contributed by atoms with Gasteiger partial charge in [0.2, 0.25) is 5.91 Å². The summed E-state index contributed by atoms with van der Waals surface area (Å²) in [6, 6.07) is -0.0598. The maximum Gasteiger partial charge on any atom is 0.320 e. The Labute approximate surface area is 96.6 Å². The van der Waals surface area contributed by atoms with Crippen LogP contribution in [-0.2, 0) is 4.79 Å². The van der Waals surface area contributed by atoms with Crippen LogP contribution in [0.1, 0.15) is 33.1 Å². The molecule has 0 aromatic heterocycles. The van der Waals surface area contributed by atoms with E-state index in [0.29, 0.717) is 0 Å². The van der Waals surface area contributed by atoms with Crippen molar-refractivity contribution >= 4 is 11.9 Å². The lowest BCUT2D eigenvalue weighted by molar-refractivity contribution is -0.119. The molecule has 0 radical (unpaired) electrons. The highest BCUT2D eigenvalue weighted by atomic mass is 16.2. The van der Waals surface area contributed by atoms with Crippen molar-refractivity contribution in [1.29, 1.82) is 0 Å². The van der Waals surface area contributed by atoms with E-state index in [0.717, 1.165) is 25.9 Å². The fraction of sp³-hybridized carbons (Fsp3) is 0.818. The van der Waals surface area contributed by atoms with Crippen LogP contribution in [0.3, 0.4) is 0 Å². The van der Waals surface area contributed by atoms with E-state index in [4.69, 9.17) is 5.73 Å². The van der Waals surface area contributed by atoms with Crippen LogP contribution in [0.15, 0.2) is 0 Å². The Morgan fingerprint density at radius 2 is 1.81 bits per heavy atom. The van der Waals surface area contributed by atoms with Gasteiger partial charge in [-0.15, -0.1) is 0 Å². The van der Waals surface area contributed by atoms with E-state index < -0.39 is 5.91 Å². The number of hydrogen-bond acceptors (Lipinski definition) is 2. The molecular weight excluding hydrogens is 206 g/mol. The third kappa shape index (κ3) is 3.40. The molecule has 0 aromatic carbocycles. The summed E-state index contributed by atoms with van der Waals surface area (Å²) < 4.78 is 0. The van der Waals surface area contributed by atoms with Crippen LogP contribution in [0.4, 0.5) is 4.79 Å². The van der Waals surface area contributed by atoms with Crippen molar-refractivity contribution in [2.45, 2.75) is 39.2 Å². The maximum atomic E-state index is 12.1. The summed E-state index contributed by atoms with van der Waals surface area (Å²) in [5, 5.41) is 0. The standard InChI is InChI=1S/C11H21N3O2/c1-9(2)14(8-10(12)15)11(16)13-6-4-3-5-7-13/h9H,3-8H2,1-2H3,(H2,12,15). The molecule has 5 heteroatoms. The molecule has 0 saturated carbocycles. The smallest absolute Gasteiger partial charge is 0.320 e. The number of nitrogens with zero attached hydrogens (tertiary/aromatic N) is 2. The molecule has 1 heterocycles. The minimum Gasteiger partial charge on any atom is -0.368 e. The minimum absolute atomic E-state index is 0.00178. The van der Waals surface area contributed by atoms with Crippen molar-refractivity contribution in [3.63, 3.8) is 0 Å².